The van der Waals surface area contributed by atoms with Crippen LogP contribution in [0.4, 0.5) is 0 Å². The van der Waals surface area contributed by atoms with Gasteiger partial charge in [-0.05, 0) is 31.0 Å². The molecule has 17 heavy (non-hydrogen) atoms. The highest BCUT2D eigenvalue weighted by Crippen LogP contribution is 2.17. The van der Waals surface area contributed by atoms with Crippen LogP contribution in [0.25, 0.3) is 0 Å². The van der Waals surface area contributed by atoms with E-state index in [0.717, 1.165) is 31.4 Å². The van der Waals surface area contributed by atoms with E-state index >= 15 is 0 Å². The summed E-state index contributed by atoms with van der Waals surface area (Å²) in [7, 11) is 0. The van der Waals surface area contributed by atoms with Gasteiger partial charge in [-0.2, -0.15) is 0 Å². The first-order valence-corrected chi connectivity index (χ1v) is 6.16. The minimum atomic E-state index is -0.722. The van der Waals surface area contributed by atoms with E-state index in [-0.39, 0.29) is 6.42 Å². The van der Waals surface area contributed by atoms with Gasteiger partial charge in [-0.25, -0.2) is 0 Å². The molecule has 0 atom stereocenters. The van der Waals surface area contributed by atoms with Crippen molar-refractivity contribution in [2.75, 3.05) is 6.61 Å². The number of halogens is 1. The average molecular weight is 257 g/mol. The van der Waals surface area contributed by atoms with Gasteiger partial charge in [0.1, 0.15) is 5.75 Å². The van der Waals surface area contributed by atoms with Crippen LogP contribution >= 0.6 is 11.6 Å². The Morgan fingerprint density at radius 2 is 2.00 bits per heavy atom. The fourth-order valence-corrected chi connectivity index (χ4v) is 1.66. The van der Waals surface area contributed by atoms with Gasteiger partial charge in [0.15, 0.2) is 0 Å². The van der Waals surface area contributed by atoms with Gasteiger partial charge in [0.2, 0.25) is 0 Å². The molecule has 0 aliphatic carbocycles. The van der Waals surface area contributed by atoms with Crippen LogP contribution in [-0.4, -0.2) is 17.7 Å². The zero-order valence-electron chi connectivity index (χ0n) is 9.69. The fourth-order valence-electron chi connectivity index (χ4n) is 1.48. The number of carboxylic acids is 1. The van der Waals surface area contributed by atoms with E-state index in [2.05, 4.69) is 0 Å². The minimum Gasteiger partial charge on any atom is -0.494 e. The Kier molecular flexibility index (Phi) is 6.48. The number of aliphatic carboxylic acids is 1. The number of carboxylic acid groups (broad SMARTS) is 1. The van der Waals surface area contributed by atoms with E-state index in [1.165, 1.54) is 0 Å². The van der Waals surface area contributed by atoms with Crippen LogP contribution in [0.5, 0.6) is 5.75 Å². The smallest absolute Gasteiger partial charge is 0.303 e. The molecule has 1 aromatic rings. The lowest BCUT2D eigenvalue weighted by molar-refractivity contribution is -0.137. The minimum absolute atomic E-state index is 0.259. The molecule has 0 spiro atoms. The second-order valence-electron chi connectivity index (χ2n) is 3.86. The first-order chi connectivity index (χ1) is 8.18. The van der Waals surface area contributed by atoms with Gasteiger partial charge in [-0.1, -0.05) is 30.5 Å². The fraction of sp³-hybridized carbons (Fsp3) is 0.462. The van der Waals surface area contributed by atoms with Crippen molar-refractivity contribution in [3.63, 3.8) is 0 Å². The summed E-state index contributed by atoms with van der Waals surface area (Å²) in [6, 6.07) is 7.31. The van der Waals surface area contributed by atoms with E-state index in [1.807, 2.05) is 12.1 Å². The molecule has 0 aliphatic heterocycles. The summed E-state index contributed by atoms with van der Waals surface area (Å²) in [4.78, 5) is 10.3. The van der Waals surface area contributed by atoms with Crippen LogP contribution in [-0.2, 0) is 4.79 Å². The number of carbonyl (C=O) groups is 1. The van der Waals surface area contributed by atoms with Crippen molar-refractivity contribution in [1.29, 1.82) is 0 Å². The summed E-state index contributed by atoms with van der Waals surface area (Å²) in [5.74, 6) is 0.0585. The van der Waals surface area contributed by atoms with Gasteiger partial charge in [-0.15, -0.1) is 0 Å². The molecule has 0 unspecified atom stereocenters. The predicted molar refractivity (Wildman–Crippen MR) is 67.7 cm³/mol. The third kappa shape index (κ3) is 6.84. The largest absolute Gasteiger partial charge is 0.494 e. The number of hydrogen-bond acceptors (Lipinski definition) is 2. The summed E-state index contributed by atoms with van der Waals surface area (Å²) >= 11 is 5.82. The molecular weight excluding hydrogens is 240 g/mol. The van der Waals surface area contributed by atoms with Crippen molar-refractivity contribution in [3.8, 4) is 5.75 Å². The standard InChI is InChI=1S/C13H17ClO3/c14-11-6-5-7-12(10-11)17-9-4-2-1-3-8-13(15)16/h5-7,10H,1-4,8-9H2,(H,15,16). The zero-order chi connectivity index (χ0) is 12.5. The van der Waals surface area contributed by atoms with Crippen molar-refractivity contribution < 1.29 is 14.6 Å². The molecule has 0 heterocycles. The van der Waals surface area contributed by atoms with Crippen molar-refractivity contribution in [2.45, 2.75) is 32.1 Å². The molecular formula is C13H17ClO3. The van der Waals surface area contributed by atoms with Crippen molar-refractivity contribution >= 4 is 17.6 Å². The molecule has 0 saturated heterocycles. The molecule has 4 heteroatoms. The summed E-state index contributed by atoms with van der Waals surface area (Å²) in [5.41, 5.74) is 0. The highest BCUT2D eigenvalue weighted by Gasteiger charge is 1.97. The maximum atomic E-state index is 10.3. The molecule has 0 saturated carbocycles. The number of unbranched alkanes of at least 4 members (excludes halogenated alkanes) is 3. The molecule has 0 fully saturated rings. The van der Waals surface area contributed by atoms with E-state index < -0.39 is 5.97 Å². The molecule has 0 bridgehead atoms. The first kappa shape index (κ1) is 13.8. The Morgan fingerprint density at radius 1 is 1.24 bits per heavy atom. The molecule has 0 aliphatic rings. The first-order valence-electron chi connectivity index (χ1n) is 5.78. The lowest BCUT2D eigenvalue weighted by Crippen LogP contribution is -1.98. The zero-order valence-corrected chi connectivity index (χ0v) is 10.4. The molecule has 0 amide bonds. The molecule has 0 aromatic heterocycles. The Hall–Kier alpha value is -1.22. The van der Waals surface area contributed by atoms with Crippen LogP contribution < -0.4 is 4.74 Å². The average Bonchev–Trinajstić information content (AvgIpc) is 2.27. The van der Waals surface area contributed by atoms with Crippen LogP contribution in [0, 0.1) is 0 Å². The van der Waals surface area contributed by atoms with Crippen molar-refractivity contribution in [2.24, 2.45) is 0 Å². The normalized spacial score (nSPS) is 10.2. The van der Waals surface area contributed by atoms with Crippen molar-refractivity contribution in [3.05, 3.63) is 29.3 Å². The quantitative estimate of drug-likeness (QED) is 0.721. The van der Waals surface area contributed by atoms with E-state index in [1.54, 1.807) is 12.1 Å². The summed E-state index contributed by atoms with van der Waals surface area (Å²) in [6.07, 6.45) is 3.87. The molecule has 94 valence electrons. The summed E-state index contributed by atoms with van der Waals surface area (Å²) in [6.45, 7) is 0.646. The van der Waals surface area contributed by atoms with E-state index in [9.17, 15) is 4.79 Å². The number of rotatable bonds is 8. The number of hydrogen-bond donors (Lipinski definition) is 1. The monoisotopic (exact) mass is 256 g/mol. The second kappa shape index (κ2) is 7.96. The lowest BCUT2D eigenvalue weighted by Gasteiger charge is -2.05. The molecule has 0 radical (unpaired) electrons. The topological polar surface area (TPSA) is 46.5 Å². The number of ether oxygens (including phenoxy) is 1. The summed E-state index contributed by atoms with van der Waals surface area (Å²) < 4.78 is 5.51. The maximum Gasteiger partial charge on any atom is 0.303 e. The van der Waals surface area contributed by atoms with Gasteiger partial charge in [-0.3, -0.25) is 4.79 Å². The third-order valence-corrected chi connectivity index (χ3v) is 2.58. The molecule has 1 rings (SSSR count). The summed E-state index contributed by atoms with van der Waals surface area (Å²) in [5, 5.41) is 9.12. The molecule has 1 N–H and O–H groups in total. The number of benzene rings is 1. The third-order valence-electron chi connectivity index (χ3n) is 2.35. The van der Waals surface area contributed by atoms with Crippen molar-refractivity contribution in [1.82, 2.24) is 0 Å². The second-order valence-corrected chi connectivity index (χ2v) is 4.30. The SMILES string of the molecule is O=C(O)CCCCCCOc1cccc(Cl)c1. The van der Waals surface area contributed by atoms with Gasteiger partial charge < -0.3 is 9.84 Å². The Balaban J connectivity index is 2.03. The predicted octanol–water partition coefficient (Wildman–Crippen LogP) is 3.75. The molecule has 3 nitrogen and oxygen atoms in total. The Bertz CT molecular complexity index is 352. The Morgan fingerprint density at radius 3 is 2.71 bits per heavy atom. The van der Waals surface area contributed by atoms with Gasteiger partial charge in [0.25, 0.3) is 0 Å². The van der Waals surface area contributed by atoms with Gasteiger partial charge >= 0.3 is 5.97 Å². The highest BCUT2D eigenvalue weighted by molar-refractivity contribution is 6.30. The lowest BCUT2D eigenvalue weighted by atomic mass is 10.1. The van der Waals surface area contributed by atoms with Gasteiger partial charge in [0.05, 0.1) is 6.61 Å². The van der Waals surface area contributed by atoms with Crippen LogP contribution in [0.2, 0.25) is 5.02 Å². The van der Waals surface area contributed by atoms with Crippen LogP contribution in [0.1, 0.15) is 32.1 Å². The van der Waals surface area contributed by atoms with E-state index in [0.29, 0.717) is 11.6 Å². The maximum absolute atomic E-state index is 10.3. The molecule has 1 aromatic carbocycles. The highest BCUT2D eigenvalue weighted by atomic mass is 35.5. The van der Waals surface area contributed by atoms with Crippen LogP contribution in [0.3, 0.4) is 0 Å². The van der Waals surface area contributed by atoms with Crippen LogP contribution in [0.15, 0.2) is 24.3 Å². The van der Waals surface area contributed by atoms with Gasteiger partial charge in [0, 0.05) is 11.4 Å². The van der Waals surface area contributed by atoms with E-state index in [4.69, 9.17) is 21.4 Å². The Labute approximate surface area is 106 Å².